The van der Waals surface area contributed by atoms with Gasteiger partial charge in [-0.2, -0.15) is 4.98 Å². The molecular formula is C13H25N4O7P. The Kier molecular flexibility index (Phi) is 10.2. The van der Waals surface area contributed by atoms with E-state index in [9.17, 15) is 19.0 Å². The average Bonchev–Trinajstić information content (AvgIpc) is 2.52. The quantitative estimate of drug-likeness (QED) is 0.449. The number of methoxy groups -OCH3 is 1. The number of anilines is 1. The number of aryl methyl sites for hydroxylation is 1. The summed E-state index contributed by atoms with van der Waals surface area (Å²) in [5.74, 6) is -0.963. The Bertz CT molecular complexity index is 648. The summed E-state index contributed by atoms with van der Waals surface area (Å²) in [7, 11) is -1.01. The molecule has 0 aliphatic rings. The monoisotopic (exact) mass is 380 g/mol. The molecule has 0 aromatic carbocycles. The van der Waals surface area contributed by atoms with Crippen molar-refractivity contribution in [1.29, 1.82) is 0 Å². The Balaban J connectivity index is 0.000000535. The first-order chi connectivity index (χ1) is 11.5. The van der Waals surface area contributed by atoms with Crippen LogP contribution in [0.1, 0.15) is 20.3 Å². The number of aliphatic carboxylic acids is 1. The highest BCUT2D eigenvalue weighted by molar-refractivity contribution is 7.50. The maximum absolute atomic E-state index is 11.4. The number of nitrogens with two attached hydrogens (primary N) is 1. The fraction of sp³-hybridized carbons (Fsp3) is 0.615. The van der Waals surface area contributed by atoms with Crippen molar-refractivity contribution in [2.45, 2.75) is 32.4 Å². The maximum atomic E-state index is 11.4. The second-order valence-corrected chi connectivity index (χ2v) is 6.57. The van der Waals surface area contributed by atoms with Crippen LogP contribution in [-0.2, 0) is 25.7 Å². The number of nitrogen functional groups attached to an aromatic ring is 1. The predicted molar refractivity (Wildman–Crippen MR) is 91.0 cm³/mol. The van der Waals surface area contributed by atoms with Crippen LogP contribution in [0, 0.1) is 0 Å². The van der Waals surface area contributed by atoms with Gasteiger partial charge in [-0.3, -0.25) is 9.32 Å². The van der Waals surface area contributed by atoms with Gasteiger partial charge in [0.25, 0.3) is 0 Å². The molecule has 0 aliphatic carbocycles. The van der Waals surface area contributed by atoms with Gasteiger partial charge >= 0.3 is 19.4 Å². The van der Waals surface area contributed by atoms with E-state index in [2.05, 4.69) is 4.98 Å². The van der Waals surface area contributed by atoms with Crippen LogP contribution >= 0.6 is 7.75 Å². The zero-order valence-corrected chi connectivity index (χ0v) is 15.5. The van der Waals surface area contributed by atoms with Crippen molar-refractivity contribution in [3.8, 4) is 0 Å². The standard InChI is InChI=1S/C8H18NO6P.C5H7N3O/c1-4-7(14-3)5-15-16(12,13)9-6(2)8(10)11;1-8-3-2-4(6)7-5(8)9/h6-7H,4-5H2,1-3H3,(H,10,11)(H2,9,12,13);2-3H,1H3,(H2,6,7,9). The third-order valence-corrected chi connectivity index (χ3v) is 4.16. The van der Waals surface area contributed by atoms with E-state index >= 15 is 0 Å². The SMILES string of the molecule is CCC(COP(=O)(O)NC(C)C(=O)O)OC.Cn1ccc(N)nc1=O. The number of carboxylic acids is 1. The molecule has 0 spiro atoms. The topological polar surface area (TPSA) is 166 Å². The third-order valence-electron chi connectivity index (χ3n) is 2.95. The van der Waals surface area contributed by atoms with Gasteiger partial charge in [0.1, 0.15) is 11.9 Å². The Morgan fingerprint density at radius 2 is 2.16 bits per heavy atom. The van der Waals surface area contributed by atoms with Gasteiger partial charge in [-0.1, -0.05) is 6.92 Å². The van der Waals surface area contributed by atoms with Gasteiger partial charge in [0.15, 0.2) is 0 Å². The first-order valence-corrected chi connectivity index (χ1v) is 8.90. The average molecular weight is 380 g/mol. The van der Waals surface area contributed by atoms with Crippen molar-refractivity contribution in [3.05, 3.63) is 22.7 Å². The molecule has 1 heterocycles. The van der Waals surface area contributed by atoms with E-state index in [1.807, 2.05) is 12.0 Å². The molecule has 0 aliphatic heterocycles. The largest absolute Gasteiger partial charge is 0.480 e. The second-order valence-electron chi connectivity index (χ2n) is 5.02. The molecule has 0 fully saturated rings. The first-order valence-electron chi connectivity index (χ1n) is 7.32. The van der Waals surface area contributed by atoms with Gasteiger partial charge in [-0.15, -0.1) is 0 Å². The molecule has 1 rings (SSSR count). The summed E-state index contributed by atoms with van der Waals surface area (Å²) in [6.45, 7) is 3.02. The molecule has 25 heavy (non-hydrogen) atoms. The number of hydrogen-bond acceptors (Lipinski definition) is 7. The van der Waals surface area contributed by atoms with Crippen LogP contribution in [0.3, 0.4) is 0 Å². The molecule has 0 saturated heterocycles. The number of nitrogens with one attached hydrogen (secondary N) is 1. The van der Waals surface area contributed by atoms with Crippen LogP contribution in [0.2, 0.25) is 0 Å². The molecule has 0 saturated carbocycles. The van der Waals surface area contributed by atoms with Crippen LogP contribution in [-0.4, -0.2) is 51.4 Å². The van der Waals surface area contributed by atoms with E-state index in [1.54, 1.807) is 19.3 Å². The van der Waals surface area contributed by atoms with Crippen molar-refractivity contribution >= 4 is 19.5 Å². The fourth-order valence-electron chi connectivity index (χ4n) is 1.35. The number of ether oxygens (including phenoxy) is 1. The van der Waals surface area contributed by atoms with Crippen molar-refractivity contribution < 1.29 is 28.6 Å². The van der Waals surface area contributed by atoms with Crippen molar-refractivity contribution in [3.63, 3.8) is 0 Å². The van der Waals surface area contributed by atoms with Crippen molar-refractivity contribution in [2.24, 2.45) is 7.05 Å². The minimum atomic E-state index is -4.09. The number of aromatic nitrogens is 2. The molecule has 11 nitrogen and oxygen atoms in total. The molecule has 0 bridgehead atoms. The molecule has 5 N–H and O–H groups in total. The first kappa shape index (κ1) is 23.2. The lowest BCUT2D eigenvalue weighted by Gasteiger charge is -2.19. The molecule has 1 aromatic heterocycles. The van der Waals surface area contributed by atoms with Crippen LogP contribution in [0.25, 0.3) is 0 Å². The van der Waals surface area contributed by atoms with Gasteiger partial charge in [0.05, 0.1) is 12.7 Å². The van der Waals surface area contributed by atoms with Gasteiger partial charge in [0, 0.05) is 20.4 Å². The highest BCUT2D eigenvalue weighted by atomic mass is 31.2. The molecule has 3 atom stereocenters. The lowest BCUT2D eigenvalue weighted by Crippen LogP contribution is -2.32. The molecule has 144 valence electrons. The number of hydrogen-bond donors (Lipinski definition) is 4. The van der Waals surface area contributed by atoms with E-state index in [1.165, 1.54) is 18.6 Å². The number of carboxylic acid groups (broad SMARTS) is 1. The van der Waals surface area contributed by atoms with Crippen molar-refractivity contribution in [1.82, 2.24) is 14.6 Å². The minimum Gasteiger partial charge on any atom is -0.480 e. The molecule has 0 radical (unpaired) electrons. The highest BCUT2D eigenvalue weighted by Gasteiger charge is 2.26. The van der Waals surface area contributed by atoms with Gasteiger partial charge in [0.2, 0.25) is 0 Å². The summed E-state index contributed by atoms with van der Waals surface area (Å²) < 4.78 is 22.4. The number of rotatable bonds is 8. The van der Waals surface area contributed by atoms with Gasteiger partial charge in [-0.05, 0) is 19.4 Å². The Morgan fingerprint density at radius 3 is 2.56 bits per heavy atom. The summed E-state index contributed by atoms with van der Waals surface area (Å²) in [6, 6.07) is 0.417. The van der Waals surface area contributed by atoms with E-state index in [0.717, 1.165) is 0 Å². The van der Waals surface area contributed by atoms with Gasteiger partial charge < -0.3 is 25.0 Å². The molecule has 0 amide bonds. The smallest absolute Gasteiger partial charge is 0.403 e. The van der Waals surface area contributed by atoms with Gasteiger partial charge in [-0.25, -0.2) is 14.4 Å². The van der Waals surface area contributed by atoms with Crippen LogP contribution < -0.4 is 16.5 Å². The number of carbonyl (C=O) groups is 1. The Morgan fingerprint density at radius 1 is 1.56 bits per heavy atom. The number of nitrogens with zero attached hydrogens (tertiary/aromatic N) is 2. The van der Waals surface area contributed by atoms with E-state index in [0.29, 0.717) is 6.42 Å². The van der Waals surface area contributed by atoms with E-state index < -0.39 is 19.8 Å². The fourth-order valence-corrected chi connectivity index (χ4v) is 2.40. The molecular weight excluding hydrogens is 355 g/mol. The lowest BCUT2D eigenvalue weighted by atomic mass is 10.3. The minimum absolute atomic E-state index is 0.0693. The second kappa shape index (κ2) is 11.0. The summed E-state index contributed by atoms with van der Waals surface area (Å²) in [6.07, 6.45) is 1.91. The molecule has 12 heteroatoms. The van der Waals surface area contributed by atoms with Crippen LogP contribution in [0.4, 0.5) is 5.82 Å². The highest BCUT2D eigenvalue weighted by Crippen LogP contribution is 2.37. The summed E-state index contributed by atoms with van der Waals surface area (Å²) in [5.41, 5.74) is 4.88. The summed E-state index contributed by atoms with van der Waals surface area (Å²) in [4.78, 5) is 33.8. The summed E-state index contributed by atoms with van der Waals surface area (Å²) >= 11 is 0. The molecule has 1 aromatic rings. The zero-order chi connectivity index (χ0) is 19.6. The van der Waals surface area contributed by atoms with Crippen molar-refractivity contribution in [2.75, 3.05) is 19.5 Å². The van der Waals surface area contributed by atoms with Crippen LogP contribution in [0.5, 0.6) is 0 Å². The summed E-state index contributed by atoms with van der Waals surface area (Å²) in [5, 5.41) is 10.5. The Hall–Kier alpha value is -1.78. The zero-order valence-electron chi connectivity index (χ0n) is 14.6. The van der Waals surface area contributed by atoms with E-state index in [4.69, 9.17) is 20.1 Å². The third kappa shape index (κ3) is 9.95. The predicted octanol–water partition coefficient (Wildman–Crippen LogP) is -0.0464. The van der Waals surface area contributed by atoms with E-state index in [-0.39, 0.29) is 24.2 Å². The normalized spacial score (nSPS) is 15.4. The molecule has 3 unspecified atom stereocenters. The lowest BCUT2D eigenvalue weighted by molar-refractivity contribution is -0.138. The maximum Gasteiger partial charge on any atom is 0.403 e. The Labute approximate surface area is 145 Å². The van der Waals surface area contributed by atoms with Crippen LogP contribution in [0.15, 0.2) is 17.1 Å².